The smallest absolute Gasteiger partial charge is 0.310 e. The molecule has 4 nitrogen and oxygen atoms in total. The first-order valence-corrected chi connectivity index (χ1v) is 8.16. The topological polar surface area (TPSA) is 46.6 Å². The third-order valence-corrected chi connectivity index (χ3v) is 5.63. The van der Waals surface area contributed by atoms with E-state index in [2.05, 4.69) is 31.9 Å². The Hall–Kier alpha value is -0.400. The Labute approximate surface area is 132 Å². The van der Waals surface area contributed by atoms with E-state index in [1.807, 2.05) is 6.92 Å². The Bertz CT molecular complexity index is 517. The van der Waals surface area contributed by atoms with Crippen molar-refractivity contribution in [3.05, 3.63) is 19.2 Å². The molecule has 104 valence electrons. The van der Waals surface area contributed by atoms with Crippen LogP contribution in [0, 0.1) is 11.8 Å². The first-order chi connectivity index (χ1) is 8.93. The van der Waals surface area contributed by atoms with E-state index in [9.17, 15) is 9.59 Å². The maximum absolute atomic E-state index is 12.4. The average Bonchev–Trinajstić information content (AvgIpc) is 2.90. The Morgan fingerprint density at radius 2 is 2.11 bits per heavy atom. The molecule has 1 aromatic heterocycles. The molecule has 0 aromatic carbocycles. The number of thiophene rings is 1. The van der Waals surface area contributed by atoms with Crippen molar-refractivity contribution < 1.29 is 14.3 Å². The number of carbonyl (C=O) groups excluding carboxylic acids is 2. The second-order valence-electron chi connectivity index (χ2n) is 4.55. The number of halogens is 2. The molecule has 1 fully saturated rings. The summed E-state index contributed by atoms with van der Waals surface area (Å²) in [7, 11) is 1.38. The third kappa shape index (κ3) is 3.03. The van der Waals surface area contributed by atoms with Crippen molar-refractivity contribution in [1.82, 2.24) is 4.90 Å². The highest BCUT2D eigenvalue weighted by atomic mass is 79.9. The molecule has 2 atom stereocenters. The van der Waals surface area contributed by atoms with E-state index in [0.29, 0.717) is 18.7 Å². The Morgan fingerprint density at radius 1 is 1.42 bits per heavy atom. The summed E-state index contributed by atoms with van der Waals surface area (Å²) in [5.74, 6) is -0.396. The highest BCUT2D eigenvalue weighted by molar-refractivity contribution is 9.12. The quantitative estimate of drug-likeness (QED) is 0.703. The first-order valence-electron chi connectivity index (χ1n) is 5.76. The monoisotopic (exact) mass is 409 g/mol. The highest BCUT2D eigenvalue weighted by Crippen LogP contribution is 2.34. The van der Waals surface area contributed by atoms with Crippen molar-refractivity contribution in [2.75, 3.05) is 20.2 Å². The van der Waals surface area contributed by atoms with Gasteiger partial charge in [0.25, 0.3) is 5.91 Å². The third-order valence-electron chi connectivity index (χ3n) is 3.29. The largest absolute Gasteiger partial charge is 0.469 e. The molecule has 1 aliphatic heterocycles. The van der Waals surface area contributed by atoms with Crippen LogP contribution in [0.1, 0.15) is 17.3 Å². The summed E-state index contributed by atoms with van der Waals surface area (Å²) < 4.78 is 6.48. The molecule has 1 aromatic rings. The van der Waals surface area contributed by atoms with Gasteiger partial charge in [0.1, 0.15) is 0 Å². The number of hydrogen-bond donors (Lipinski definition) is 0. The van der Waals surface area contributed by atoms with Crippen LogP contribution in [0.4, 0.5) is 0 Å². The van der Waals surface area contributed by atoms with Gasteiger partial charge in [0.15, 0.2) is 0 Å². The number of ether oxygens (including phenoxy) is 1. The minimum atomic E-state index is -0.242. The fraction of sp³-hybridized carbons (Fsp3) is 0.500. The minimum Gasteiger partial charge on any atom is -0.469 e. The van der Waals surface area contributed by atoms with Gasteiger partial charge in [-0.15, -0.1) is 11.3 Å². The zero-order valence-electron chi connectivity index (χ0n) is 10.5. The van der Waals surface area contributed by atoms with E-state index < -0.39 is 0 Å². The minimum absolute atomic E-state index is 0.0490. The normalized spacial score (nSPS) is 22.6. The van der Waals surface area contributed by atoms with Crippen LogP contribution >= 0.6 is 43.2 Å². The molecule has 0 spiro atoms. The van der Waals surface area contributed by atoms with Crippen molar-refractivity contribution in [3.63, 3.8) is 0 Å². The van der Waals surface area contributed by atoms with E-state index in [4.69, 9.17) is 4.74 Å². The fourth-order valence-corrected chi connectivity index (χ4v) is 5.02. The lowest BCUT2D eigenvalue weighted by molar-refractivity contribution is -0.146. The van der Waals surface area contributed by atoms with Crippen LogP contribution < -0.4 is 0 Å². The Kier molecular flexibility index (Phi) is 4.68. The van der Waals surface area contributed by atoms with Crippen LogP contribution in [-0.2, 0) is 9.53 Å². The molecule has 0 aliphatic carbocycles. The number of hydrogen-bond acceptors (Lipinski definition) is 4. The zero-order valence-corrected chi connectivity index (χ0v) is 14.5. The highest BCUT2D eigenvalue weighted by Gasteiger charge is 2.38. The van der Waals surface area contributed by atoms with E-state index in [1.165, 1.54) is 18.4 Å². The summed E-state index contributed by atoms with van der Waals surface area (Å²) in [5.41, 5.74) is 0.634. The predicted molar refractivity (Wildman–Crippen MR) is 80.3 cm³/mol. The van der Waals surface area contributed by atoms with Crippen molar-refractivity contribution in [1.29, 1.82) is 0 Å². The Morgan fingerprint density at radius 3 is 2.63 bits per heavy atom. The number of nitrogens with zero attached hydrogens (tertiary/aromatic N) is 1. The van der Waals surface area contributed by atoms with Gasteiger partial charge < -0.3 is 9.64 Å². The van der Waals surface area contributed by atoms with Crippen LogP contribution in [-0.4, -0.2) is 37.0 Å². The summed E-state index contributed by atoms with van der Waals surface area (Å²) in [6.45, 7) is 2.97. The zero-order chi connectivity index (χ0) is 14.2. The molecule has 1 saturated heterocycles. The first kappa shape index (κ1) is 15.0. The number of methoxy groups -OCH3 is 1. The summed E-state index contributed by atoms with van der Waals surface area (Å²) in [6, 6.07) is 1.80. The second kappa shape index (κ2) is 5.93. The number of amides is 1. The van der Waals surface area contributed by atoms with E-state index in [0.717, 1.165) is 7.57 Å². The number of esters is 1. The van der Waals surface area contributed by atoms with Gasteiger partial charge in [0.05, 0.1) is 26.2 Å². The summed E-state index contributed by atoms with van der Waals surface area (Å²) in [5, 5.41) is 0. The summed E-state index contributed by atoms with van der Waals surface area (Å²) in [4.78, 5) is 25.8. The lowest BCUT2D eigenvalue weighted by atomic mass is 9.99. The lowest BCUT2D eigenvalue weighted by Gasteiger charge is -2.15. The molecule has 0 bridgehead atoms. The predicted octanol–water partition coefficient (Wildman–Crippen LogP) is 3.15. The standard InChI is InChI=1S/C12H13Br2NO3S/c1-6-4-15(5-8(6)12(17)18-2)11(16)7-3-9(13)19-10(7)14/h3,6,8H,4-5H2,1-2H3. The van der Waals surface area contributed by atoms with Crippen molar-refractivity contribution in [3.8, 4) is 0 Å². The van der Waals surface area contributed by atoms with Crippen LogP contribution in [0.5, 0.6) is 0 Å². The van der Waals surface area contributed by atoms with E-state index in [-0.39, 0.29) is 23.7 Å². The number of rotatable bonds is 2. The van der Waals surface area contributed by atoms with Gasteiger partial charge in [-0.25, -0.2) is 0 Å². The fourth-order valence-electron chi connectivity index (χ4n) is 2.25. The maximum atomic E-state index is 12.4. The molecule has 0 N–H and O–H groups in total. The van der Waals surface area contributed by atoms with E-state index in [1.54, 1.807) is 11.0 Å². The van der Waals surface area contributed by atoms with Crippen molar-refractivity contribution in [2.45, 2.75) is 6.92 Å². The van der Waals surface area contributed by atoms with Crippen molar-refractivity contribution in [2.24, 2.45) is 11.8 Å². The average molecular weight is 411 g/mol. The van der Waals surface area contributed by atoms with Crippen LogP contribution in [0.2, 0.25) is 0 Å². The van der Waals surface area contributed by atoms with E-state index >= 15 is 0 Å². The molecule has 7 heteroatoms. The second-order valence-corrected chi connectivity index (χ2v) is 8.30. The molecule has 0 saturated carbocycles. The summed E-state index contributed by atoms with van der Waals surface area (Å²) in [6.07, 6.45) is 0. The molecule has 0 radical (unpaired) electrons. The van der Waals surface area contributed by atoms with Crippen molar-refractivity contribution >= 4 is 55.1 Å². The number of likely N-dealkylation sites (tertiary alicyclic amines) is 1. The molecule has 19 heavy (non-hydrogen) atoms. The molecule has 2 heterocycles. The van der Waals surface area contributed by atoms with Gasteiger partial charge >= 0.3 is 5.97 Å². The van der Waals surface area contributed by atoms with Gasteiger partial charge in [0.2, 0.25) is 0 Å². The molecule has 2 unspecified atom stereocenters. The molecular weight excluding hydrogens is 398 g/mol. The molecule has 2 rings (SSSR count). The number of carbonyl (C=O) groups is 2. The van der Waals surface area contributed by atoms with Gasteiger partial charge in [-0.1, -0.05) is 6.92 Å². The van der Waals surface area contributed by atoms with Gasteiger partial charge in [0, 0.05) is 13.1 Å². The molecule has 1 aliphatic rings. The van der Waals surface area contributed by atoms with Crippen LogP contribution in [0.25, 0.3) is 0 Å². The lowest BCUT2D eigenvalue weighted by Crippen LogP contribution is -2.30. The van der Waals surface area contributed by atoms with Gasteiger partial charge in [-0.05, 0) is 43.8 Å². The summed E-state index contributed by atoms with van der Waals surface area (Å²) >= 11 is 8.21. The maximum Gasteiger partial charge on any atom is 0.310 e. The van der Waals surface area contributed by atoms with Crippen LogP contribution in [0.3, 0.4) is 0 Å². The van der Waals surface area contributed by atoms with Gasteiger partial charge in [-0.2, -0.15) is 0 Å². The molecule has 1 amide bonds. The van der Waals surface area contributed by atoms with Crippen LogP contribution in [0.15, 0.2) is 13.6 Å². The Balaban J connectivity index is 2.14. The SMILES string of the molecule is COC(=O)C1CN(C(=O)c2cc(Br)sc2Br)CC1C. The van der Waals surface area contributed by atoms with Gasteiger partial charge in [-0.3, -0.25) is 9.59 Å². The molecular formula is C12H13Br2NO3S.